The number of rotatable bonds is 5. The van der Waals surface area contributed by atoms with Crippen molar-refractivity contribution < 1.29 is 9.53 Å². The van der Waals surface area contributed by atoms with E-state index in [9.17, 15) is 4.79 Å². The predicted molar refractivity (Wildman–Crippen MR) is 86.1 cm³/mol. The van der Waals surface area contributed by atoms with Gasteiger partial charge in [0, 0.05) is 43.8 Å². The van der Waals surface area contributed by atoms with E-state index in [2.05, 4.69) is 21.9 Å². The molecule has 1 saturated heterocycles. The average molecular weight is 290 g/mol. The second kappa shape index (κ2) is 6.48. The maximum Gasteiger partial charge on any atom is 0.136 e. The molecule has 0 N–H and O–H groups in total. The first-order valence-corrected chi connectivity index (χ1v) is 7.55. The van der Waals surface area contributed by atoms with Crippen molar-refractivity contribution in [2.24, 2.45) is 5.41 Å². The van der Waals surface area contributed by atoms with Crippen LogP contribution in [0.1, 0.15) is 20.8 Å². The molecule has 2 rings (SSSR count). The Hall–Kier alpha value is -1.55. The van der Waals surface area contributed by atoms with Crippen molar-refractivity contribution in [3.8, 4) is 5.75 Å². The van der Waals surface area contributed by atoms with Gasteiger partial charge in [-0.25, -0.2) is 0 Å². The molecular weight excluding hydrogens is 264 g/mol. The van der Waals surface area contributed by atoms with Gasteiger partial charge in [-0.1, -0.05) is 13.8 Å². The smallest absolute Gasteiger partial charge is 0.136 e. The summed E-state index contributed by atoms with van der Waals surface area (Å²) >= 11 is 0. The topological polar surface area (TPSA) is 32.8 Å². The van der Waals surface area contributed by atoms with E-state index in [0.717, 1.165) is 38.5 Å². The highest BCUT2D eigenvalue weighted by molar-refractivity contribution is 5.81. The molecule has 1 aliphatic rings. The molecule has 0 aromatic heterocycles. The van der Waals surface area contributed by atoms with E-state index in [4.69, 9.17) is 4.74 Å². The molecule has 0 spiro atoms. The van der Waals surface area contributed by atoms with Gasteiger partial charge in [-0.2, -0.15) is 0 Å². The first-order valence-electron chi connectivity index (χ1n) is 7.55. The van der Waals surface area contributed by atoms with Crippen molar-refractivity contribution in [3.63, 3.8) is 0 Å². The molecule has 0 bridgehead atoms. The van der Waals surface area contributed by atoms with Crippen molar-refractivity contribution in [3.05, 3.63) is 24.3 Å². The fourth-order valence-corrected chi connectivity index (χ4v) is 2.63. The number of piperazine rings is 1. The third-order valence-electron chi connectivity index (χ3n) is 4.38. The van der Waals surface area contributed by atoms with Crippen LogP contribution in [0, 0.1) is 5.41 Å². The van der Waals surface area contributed by atoms with Gasteiger partial charge >= 0.3 is 0 Å². The second-order valence-electron chi connectivity index (χ2n) is 6.40. The zero-order chi connectivity index (χ0) is 15.5. The van der Waals surface area contributed by atoms with Crippen LogP contribution in [-0.2, 0) is 4.79 Å². The summed E-state index contributed by atoms with van der Waals surface area (Å²) in [6.07, 6.45) is 0. The summed E-state index contributed by atoms with van der Waals surface area (Å²) in [7, 11) is 1.69. The number of nitrogens with zero attached hydrogens (tertiary/aromatic N) is 2. The molecule has 1 aromatic rings. The minimum Gasteiger partial charge on any atom is -0.497 e. The Morgan fingerprint density at radius 2 is 1.71 bits per heavy atom. The Morgan fingerprint density at radius 1 is 1.14 bits per heavy atom. The van der Waals surface area contributed by atoms with Gasteiger partial charge in [-0.15, -0.1) is 0 Å². The van der Waals surface area contributed by atoms with Crippen LogP contribution in [0.3, 0.4) is 0 Å². The van der Waals surface area contributed by atoms with Crippen LogP contribution >= 0.6 is 0 Å². The van der Waals surface area contributed by atoms with E-state index in [-0.39, 0.29) is 11.2 Å². The number of hydrogen-bond acceptors (Lipinski definition) is 4. The fourth-order valence-electron chi connectivity index (χ4n) is 2.63. The number of carbonyl (C=O) groups excluding carboxylic acids is 1. The molecule has 21 heavy (non-hydrogen) atoms. The number of ketones is 1. The zero-order valence-corrected chi connectivity index (χ0v) is 13.6. The number of methoxy groups -OCH3 is 1. The lowest BCUT2D eigenvalue weighted by Gasteiger charge is -2.39. The summed E-state index contributed by atoms with van der Waals surface area (Å²) in [6.45, 7) is 10.6. The van der Waals surface area contributed by atoms with Gasteiger partial charge in [0.25, 0.3) is 0 Å². The molecule has 0 aliphatic carbocycles. The zero-order valence-electron chi connectivity index (χ0n) is 13.6. The Labute approximate surface area is 127 Å². The summed E-state index contributed by atoms with van der Waals surface area (Å²) in [5.74, 6) is 1.15. The third-order valence-corrected chi connectivity index (χ3v) is 4.38. The molecule has 0 unspecified atom stereocenters. The molecule has 116 valence electrons. The quantitative estimate of drug-likeness (QED) is 0.834. The molecule has 1 aromatic carbocycles. The Bertz CT molecular complexity index is 474. The van der Waals surface area contributed by atoms with Crippen LogP contribution in [0.5, 0.6) is 5.75 Å². The Balaban J connectivity index is 1.89. The van der Waals surface area contributed by atoms with Gasteiger partial charge in [-0.3, -0.25) is 9.69 Å². The minimum atomic E-state index is -0.248. The lowest BCUT2D eigenvalue weighted by atomic mass is 9.88. The summed E-state index contributed by atoms with van der Waals surface area (Å²) in [6, 6.07) is 8.21. The monoisotopic (exact) mass is 290 g/mol. The van der Waals surface area contributed by atoms with E-state index in [1.165, 1.54) is 5.69 Å². The SMILES string of the molecule is COc1ccc(N2CCN(CC(C)(C)C(C)=O)CC2)cc1. The van der Waals surface area contributed by atoms with E-state index in [1.807, 2.05) is 26.0 Å². The van der Waals surface area contributed by atoms with Crippen LogP contribution in [0.25, 0.3) is 0 Å². The molecule has 0 saturated carbocycles. The second-order valence-corrected chi connectivity index (χ2v) is 6.40. The maximum atomic E-state index is 11.6. The highest BCUT2D eigenvalue weighted by Gasteiger charge is 2.28. The van der Waals surface area contributed by atoms with Crippen molar-refractivity contribution in [1.29, 1.82) is 0 Å². The fraction of sp³-hybridized carbons (Fsp3) is 0.588. The highest BCUT2D eigenvalue weighted by Crippen LogP contribution is 2.23. The van der Waals surface area contributed by atoms with Crippen molar-refractivity contribution in [1.82, 2.24) is 4.90 Å². The van der Waals surface area contributed by atoms with Crippen LogP contribution in [-0.4, -0.2) is 50.5 Å². The molecule has 4 nitrogen and oxygen atoms in total. The summed E-state index contributed by atoms with van der Waals surface area (Å²) in [5, 5.41) is 0. The van der Waals surface area contributed by atoms with E-state index in [0.29, 0.717) is 0 Å². The molecule has 0 radical (unpaired) electrons. The van der Waals surface area contributed by atoms with Gasteiger partial charge in [-0.05, 0) is 31.2 Å². The highest BCUT2D eigenvalue weighted by atomic mass is 16.5. The van der Waals surface area contributed by atoms with E-state index in [1.54, 1.807) is 14.0 Å². The van der Waals surface area contributed by atoms with Crippen LogP contribution in [0.2, 0.25) is 0 Å². The van der Waals surface area contributed by atoms with E-state index < -0.39 is 0 Å². The Kier molecular flexibility index (Phi) is 4.88. The van der Waals surface area contributed by atoms with Crippen LogP contribution in [0.4, 0.5) is 5.69 Å². The molecule has 1 heterocycles. The van der Waals surface area contributed by atoms with Crippen LogP contribution < -0.4 is 9.64 Å². The number of anilines is 1. The number of Topliss-reactive ketones (excluding diaryl/α,β-unsaturated/α-hetero) is 1. The van der Waals surface area contributed by atoms with Crippen molar-refractivity contribution in [2.45, 2.75) is 20.8 Å². The Morgan fingerprint density at radius 3 is 2.19 bits per heavy atom. The van der Waals surface area contributed by atoms with Crippen LogP contribution in [0.15, 0.2) is 24.3 Å². The van der Waals surface area contributed by atoms with Crippen molar-refractivity contribution in [2.75, 3.05) is 44.7 Å². The molecule has 1 aliphatic heterocycles. The standard InChI is InChI=1S/C17H26N2O2/c1-14(20)17(2,3)13-18-9-11-19(12-10-18)15-5-7-16(21-4)8-6-15/h5-8H,9-13H2,1-4H3. The minimum absolute atomic E-state index is 0.248. The largest absolute Gasteiger partial charge is 0.497 e. The third kappa shape index (κ3) is 3.97. The molecule has 4 heteroatoms. The average Bonchev–Trinajstić information content (AvgIpc) is 2.48. The lowest BCUT2D eigenvalue weighted by Crippen LogP contribution is -2.50. The first kappa shape index (κ1) is 15.8. The van der Waals surface area contributed by atoms with Gasteiger partial charge in [0.15, 0.2) is 0 Å². The lowest BCUT2D eigenvalue weighted by molar-refractivity contribution is -0.125. The first-order chi connectivity index (χ1) is 9.92. The molecular formula is C17H26N2O2. The predicted octanol–water partition coefficient (Wildman–Crippen LogP) is 2.43. The van der Waals surface area contributed by atoms with Gasteiger partial charge in [0.2, 0.25) is 0 Å². The van der Waals surface area contributed by atoms with Crippen molar-refractivity contribution >= 4 is 11.5 Å². The van der Waals surface area contributed by atoms with Gasteiger partial charge in [0.05, 0.1) is 7.11 Å². The van der Waals surface area contributed by atoms with E-state index >= 15 is 0 Å². The number of hydrogen-bond donors (Lipinski definition) is 0. The summed E-state index contributed by atoms with van der Waals surface area (Å²) in [4.78, 5) is 16.4. The number of ether oxygens (including phenoxy) is 1. The summed E-state index contributed by atoms with van der Waals surface area (Å²) in [5.41, 5.74) is 0.990. The van der Waals surface area contributed by atoms with Gasteiger partial charge < -0.3 is 9.64 Å². The summed E-state index contributed by atoms with van der Waals surface area (Å²) < 4.78 is 5.19. The van der Waals surface area contributed by atoms with Gasteiger partial charge in [0.1, 0.15) is 11.5 Å². The molecule has 0 amide bonds. The molecule has 1 fully saturated rings. The normalized spacial score (nSPS) is 16.9. The number of carbonyl (C=O) groups is 1. The maximum absolute atomic E-state index is 11.6. The molecule has 0 atom stereocenters. The number of benzene rings is 1.